The summed E-state index contributed by atoms with van der Waals surface area (Å²) in [5.41, 5.74) is 2.14. The number of Topliss-reactive ketones (excluding diaryl/α,β-unsaturated/α-hetero) is 1. The fourth-order valence-corrected chi connectivity index (χ4v) is 6.57. The number of fused-ring (bicyclic) bond motifs is 3. The van der Waals surface area contributed by atoms with Crippen LogP contribution in [-0.2, 0) is 19.2 Å². The van der Waals surface area contributed by atoms with E-state index in [1.54, 1.807) is 30.3 Å². The Morgan fingerprint density at radius 1 is 0.972 bits per heavy atom. The molecular formula is C28H19BrFNO5. The summed E-state index contributed by atoms with van der Waals surface area (Å²) in [7, 11) is 0. The number of carbonyl (C=O) groups excluding carboxylic acids is 4. The molecular weight excluding hydrogens is 529 g/mol. The van der Waals surface area contributed by atoms with Crippen LogP contribution in [-0.4, -0.2) is 28.5 Å². The van der Waals surface area contributed by atoms with Gasteiger partial charge in [0.2, 0.25) is 11.8 Å². The molecule has 6 nitrogen and oxygen atoms in total. The summed E-state index contributed by atoms with van der Waals surface area (Å²) in [6.45, 7) is 0. The number of nitrogens with zero attached hydrogens (tertiary/aromatic N) is 1. The molecule has 180 valence electrons. The number of phenolic OH excluding ortho intramolecular Hbond substituents is 1. The molecule has 0 radical (unpaired) electrons. The number of anilines is 1. The van der Waals surface area contributed by atoms with Gasteiger partial charge in [0.25, 0.3) is 0 Å². The van der Waals surface area contributed by atoms with Gasteiger partial charge in [0.15, 0.2) is 23.1 Å². The molecule has 4 atom stereocenters. The number of rotatable bonds is 2. The van der Waals surface area contributed by atoms with E-state index in [0.717, 1.165) is 11.6 Å². The summed E-state index contributed by atoms with van der Waals surface area (Å²) in [5, 5.41) is 9.73. The van der Waals surface area contributed by atoms with Gasteiger partial charge in [-0.2, -0.15) is 0 Å². The zero-order valence-corrected chi connectivity index (χ0v) is 20.4. The van der Waals surface area contributed by atoms with E-state index in [1.165, 1.54) is 23.1 Å². The molecule has 0 aromatic heterocycles. The van der Waals surface area contributed by atoms with Gasteiger partial charge in [0.05, 0.1) is 22.0 Å². The number of phenols is 1. The van der Waals surface area contributed by atoms with Crippen LogP contribution < -0.4 is 4.90 Å². The third-order valence-corrected chi connectivity index (χ3v) is 8.24. The normalized spacial score (nSPS) is 27.4. The minimum atomic E-state index is -0.847. The number of para-hydroxylation sites is 1. The monoisotopic (exact) mass is 547 g/mol. The Kier molecular flexibility index (Phi) is 5.19. The Balaban J connectivity index is 1.50. The molecule has 6 rings (SSSR count). The van der Waals surface area contributed by atoms with Gasteiger partial charge in [0, 0.05) is 23.1 Å². The molecule has 2 amide bonds. The molecule has 3 aliphatic carbocycles. The van der Waals surface area contributed by atoms with Crippen molar-refractivity contribution in [1.82, 2.24) is 0 Å². The number of allylic oxidation sites excluding steroid dienone is 6. The first-order chi connectivity index (χ1) is 17.3. The Bertz CT molecular complexity index is 1470. The van der Waals surface area contributed by atoms with Gasteiger partial charge in [-0.05, 0) is 64.5 Å². The molecule has 1 N–H and O–H groups in total. The van der Waals surface area contributed by atoms with Gasteiger partial charge in [-0.1, -0.05) is 35.9 Å². The molecule has 4 aliphatic rings. The van der Waals surface area contributed by atoms with Crippen LogP contribution >= 0.6 is 15.9 Å². The van der Waals surface area contributed by atoms with Gasteiger partial charge >= 0.3 is 0 Å². The van der Waals surface area contributed by atoms with Crippen molar-refractivity contribution in [3.8, 4) is 5.75 Å². The number of hydrogen-bond acceptors (Lipinski definition) is 5. The summed E-state index contributed by atoms with van der Waals surface area (Å²) in [6, 6.07) is 12.6. The maximum atomic E-state index is 14.4. The zero-order chi connectivity index (χ0) is 25.3. The van der Waals surface area contributed by atoms with Crippen LogP contribution in [0.25, 0.3) is 0 Å². The Hall–Kier alpha value is -3.65. The van der Waals surface area contributed by atoms with Crippen molar-refractivity contribution in [2.45, 2.75) is 18.8 Å². The first-order valence-electron chi connectivity index (χ1n) is 11.6. The predicted molar refractivity (Wildman–Crippen MR) is 132 cm³/mol. The highest BCUT2D eigenvalue weighted by molar-refractivity contribution is 9.12. The van der Waals surface area contributed by atoms with Crippen LogP contribution in [0.1, 0.15) is 24.3 Å². The molecule has 0 unspecified atom stereocenters. The van der Waals surface area contributed by atoms with Crippen molar-refractivity contribution in [3.63, 3.8) is 0 Å². The summed E-state index contributed by atoms with van der Waals surface area (Å²) in [5.74, 6) is -5.28. The van der Waals surface area contributed by atoms with Crippen LogP contribution in [0.15, 0.2) is 81.9 Å². The number of carbonyl (C=O) groups is 4. The van der Waals surface area contributed by atoms with Crippen LogP contribution in [0.4, 0.5) is 10.1 Å². The number of hydrogen-bond donors (Lipinski definition) is 1. The van der Waals surface area contributed by atoms with E-state index in [9.17, 15) is 28.7 Å². The number of benzene rings is 2. The maximum Gasteiger partial charge on any atom is 0.238 e. The summed E-state index contributed by atoms with van der Waals surface area (Å²) in [4.78, 5) is 54.6. The van der Waals surface area contributed by atoms with E-state index in [0.29, 0.717) is 17.7 Å². The number of halogens is 2. The fraction of sp³-hybridized carbons (Fsp3) is 0.214. The Morgan fingerprint density at radius 3 is 2.44 bits per heavy atom. The van der Waals surface area contributed by atoms with Crippen LogP contribution in [0.5, 0.6) is 5.75 Å². The standard InChI is InChI=1S/C28H19BrFNO5/c29-19-12-22(33)25-18(26(19)34)11-17-15(23(25)13-6-9-21(32)20(30)10-13)7-8-16-24(17)28(36)31(27(16)35)14-4-2-1-3-5-14/h1-7,9-10,12,16-17,23-24,32H,8,11H2/t16-,17+,23-,24-/m0/s1. The Labute approximate surface area is 213 Å². The van der Waals surface area contributed by atoms with E-state index in [4.69, 9.17) is 0 Å². The summed E-state index contributed by atoms with van der Waals surface area (Å²) >= 11 is 3.18. The van der Waals surface area contributed by atoms with Crippen molar-refractivity contribution in [3.05, 3.63) is 93.3 Å². The number of amides is 2. The summed E-state index contributed by atoms with van der Waals surface area (Å²) < 4.78 is 14.5. The highest BCUT2D eigenvalue weighted by Crippen LogP contribution is 2.55. The molecule has 1 saturated heterocycles. The molecule has 0 spiro atoms. The lowest BCUT2D eigenvalue weighted by Gasteiger charge is -2.42. The SMILES string of the molecule is O=C1C=C(Br)C(=O)C2=C1[C@@H](c1ccc(O)c(F)c1)C1=CC[C@@H]3C(=O)N(c4ccccc4)C(=O)[C@@H]3[C@@H]1C2. The third kappa shape index (κ3) is 3.20. The minimum Gasteiger partial charge on any atom is -0.505 e. The van der Waals surface area contributed by atoms with Crippen LogP contribution in [0.2, 0.25) is 0 Å². The first-order valence-corrected chi connectivity index (χ1v) is 12.4. The number of aromatic hydroxyl groups is 1. The lowest BCUT2D eigenvalue weighted by molar-refractivity contribution is -0.123. The summed E-state index contributed by atoms with van der Waals surface area (Å²) in [6.07, 6.45) is 3.52. The lowest BCUT2D eigenvalue weighted by atomic mass is 9.59. The lowest BCUT2D eigenvalue weighted by Crippen LogP contribution is -2.39. The third-order valence-electron chi connectivity index (χ3n) is 7.65. The number of ketones is 2. The molecule has 0 bridgehead atoms. The van der Waals surface area contributed by atoms with Crippen molar-refractivity contribution in [1.29, 1.82) is 0 Å². The molecule has 1 fully saturated rings. The van der Waals surface area contributed by atoms with E-state index in [1.807, 2.05) is 6.08 Å². The van der Waals surface area contributed by atoms with Crippen molar-refractivity contribution in [2.75, 3.05) is 4.90 Å². The van der Waals surface area contributed by atoms with Gasteiger partial charge in [0.1, 0.15) is 0 Å². The van der Waals surface area contributed by atoms with Crippen molar-refractivity contribution < 1.29 is 28.7 Å². The Morgan fingerprint density at radius 2 is 1.72 bits per heavy atom. The molecule has 36 heavy (non-hydrogen) atoms. The first kappa shape index (κ1) is 22.8. The van der Waals surface area contributed by atoms with Gasteiger partial charge in [-0.3, -0.25) is 24.1 Å². The molecule has 1 aliphatic heterocycles. The van der Waals surface area contributed by atoms with Crippen molar-refractivity contribution in [2.24, 2.45) is 17.8 Å². The van der Waals surface area contributed by atoms with E-state index in [-0.39, 0.29) is 45.4 Å². The average molecular weight is 548 g/mol. The van der Waals surface area contributed by atoms with Crippen molar-refractivity contribution >= 4 is 45.0 Å². The fourth-order valence-electron chi connectivity index (χ4n) is 6.12. The largest absolute Gasteiger partial charge is 0.505 e. The molecule has 8 heteroatoms. The van der Waals surface area contributed by atoms with E-state index >= 15 is 0 Å². The zero-order valence-electron chi connectivity index (χ0n) is 18.8. The van der Waals surface area contributed by atoms with E-state index in [2.05, 4.69) is 15.9 Å². The topological polar surface area (TPSA) is 91.8 Å². The smallest absolute Gasteiger partial charge is 0.238 e. The minimum absolute atomic E-state index is 0.126. The van der Waals surface area contributed by atoms with Crippen LogP contribution in [0.3, 0.4) is 0 Å². The number of imide groups is 1. The molecule has 2 aromatic carbocycles. The average Bonchev–Trinajstić information content (AvgIpc) is 3.13. The molecule has 0 saturated carbocycles. The van der Waals surface area contributed by atoms with Gasteiger partial charge in [-0.15, -0.1) is 0 Å². The molecule has 1 heterocycles. The second-order valence-corrected chi connectivity index (χ2v) is 10.3. The van der Waals surface area contributed by atoms with Gasteiger partial charge < -0.3 is 5.11 Å². The second kappa shape index (κ2) is 8.20. The van der Waals surface area contributed by atoms with Gasteiger partial charge in [-0.25, -0.2) is 4.39 Å². The molecule has 2 aromatic rings. The van der Waals surface area contributed by atoms with Crippen LogP contribution in [0, 0.1) is 23.6 Å². The predicted octanol–water partition coefficient (Wildman–Crippen LogP) is 4.50. The highest BCUT2D eigenvalue weighted by atomic mass is 79.9. The maximum absolute atomic E-state index is 14.4. The second-order valence-electron chi connectivity index (χ2n) is 9.45. The quantitative estimate of drug-likeness (QED) is 0.339. The highest BCUT2D eigenvalue weighted by Gasteiger charge is 2.56. The van der Waals surface area contributed by atoms with E-state index < -0.39 is 35.2 Å².